The standard InChI is InChI=1S/C7H12F2N2/c1-2-11(5-3-4-10)6-7(8)9/h7H,2-3,5-6H2,1H3. The van der Waals surface area contributed by atoms with Crippen molar-refractivity contribution >= 4 is 0 Å². The fraction of sp³-hybridized carbons (Fsp3) is 0.857. The van der Waals surface area contributed by atoms with E-state index in [2.05, 4.69) is 0 Å². The molecule has 0 aromatic heterocycles. The molecule has 64 valence electrons. The van der Waals surface area contributed by atoms with Crippen LogP contribution >= 0.6 is 0 Å². The second-order valence-corrected chi connectivity index (χ2v) is 2.19. The zero-order valence-corrected chi connectivity index (χ0v) is 6.56. The third-order valence-electron chi connectivity index (χ3n) is 1.38. The summed E-state index contributed by atoms with van der Waals surface area (Å²) >= 11 is 0. The van der Waals surface area contributed by atoms with E-state index in [1.54, 1.807) is 11.8 Å². The van der Waals surface area contributed by atoms with Gasteiger partial charge in [0, 0.05) is 13.0 Å². The molecule has 0 heterocycles. The quantitative estimate of drug-likeness (QED) is 0.612. The van der Waals surface area contributed by atoms with E-state index in [1.807, 2.05) is 6.07 Å². The molecule has 0 fully saturated rings. The van der Waals surface area contributed by atoms with Gasteiger partial charge in [0.2, 0.25) is 0 Å². The van der Waals surface area contributed by atoms with Crippen LogP contribution in [-0.2, 0) is 0 Å². The number of halogens is 2. The van der Waals surface area contributed by atoms with Gasteiger partial charge >= 0.3 is 0 Å². The lowest BCUT2D eigenvalue weighted by Crippen LogP contribution is -2.29. The molecule has 0 aliphatic rings. The summed E-state index contributed by atoms with van der Waals surface area (Å²) in [6, 6.07) is 1.92. The lowest BCUT2D eigenvalue weighted by atomic mass is 10.4. The van der Waals surface area contributed by atoms with Crippen LogP contribution in [0.25, 0.3) is 0 Å². The number of hydrogen-bond donors (Lipinski definition) is 0. The Labute approximate surface area is 65.4 Å². The van der Waals surface area contributed by atoms with Gasteiger partial charge in [-0.1, -0.05) is 6.92 Å². The van der Waals surface area contributed by atoms with E-state index in [0.717, 1.165) is 0 Å². The van der Waals surface area contributed by atoms with Crippen molar-refractivity contribution in [3.63, 3.8) is 0 Å². The van der Waals surface area contributed by atoms with Crippen LogP contribution in [-0.4, -0.2) is 31.0 Å². The van der Waals surface area contributed by atoms with Gasteiger partial charge in [0.15, 0.2) is 0 Å². The van der Waals surface area contributed by atoms with Crippen LogP contribution in [0.1, 0.15) is 13.3 Å². The highest BCUT2D eigenvalue weighted by Gasteiger charge is 2.08. The predicted molar refractivity (Wildman–Crippen MR) is 38.3 cm³/mol. The summed E-state index contributed by atoms with van der Waals surface area (Å²) in [4.78, 5) is 1.56. The molecule has 0 saturated carbocycles. The lowest BCUT2D eigenvalue weighted by molar-refractivity contribution is 0.0918. The van der Waals surface area contributed by atoms with Crippen molar-refractivity contribution < 1.29 is 8.78 Å². The molecule has 0 bridgehead atoms. The number of nitrogens with zero attached hydrogens (tertiary/aromatic N) is 2. The van der Waals surface area contributed by atoms with E-state index in [-0.39, 0.29) is 6.54 Å². The molecule has 0 aliphatic carbocycles. The SMILES string of the molecule is CCN(CCC#N)CC(F)F. The zero-order valence-electron chi connectivity index (χ0n) is 6.56. The second-order valence-electron chi connectivity index (χ2n) is 2.19. The predicted octanol–water partition coefficient (Wildman–Crippen LogP) is 1.49. The summed E-state index contributed by atoms with van der Waals surface area (Å²) in [6.07, 6.45) is -1.98. The third-order valence-corrected chi connectivity index (χ3v) is 1.38. The van der Waals surface area contributed by atoms with Gasteiger partial charge in [-0.2, -0.15) is 5.26 Å². The van der Waals surface area contributed by atoms with E-state index in [0.29, 0.717) is 19.5 Å². The van der Waals surface area contributed by atoms with Gasteiger partial charge in [-0.25, -0.2) is 8.78 Å². The molecule has 0 rings (SSSR count). The fourth-order valence-corrected chi connectivity index (χ4v) is 0.782. The average Bonchev–Trinajstić information content (AvgIpc) is 1.97. The van der Waals surface area contributed by atoms with E-state index in [9.17, 15) is 8.78 Å². The largest absolute Gasteiger partial charge is 0.297 e. The molecule has 4 heteroatoms. The first kappa shape index (κ1) is 10.3. The average molecular weight is 162 g/mol. The monoisotopic (exact) mass is 162 g/mol. The maximum absolute atomic E-state index is 11.8. The molecular formula is C7H12F2N2. The van der Waals surface area contributed by atoms with E-state index < -0.39 is 6.43 Å². The smallest absolute Gasteiger partial charge is 0.251 e. The van der Waals surface area contributed by atoms with Gasteiger partial charge in [-0.15, -0.1) is 0 Å². The summed E-state index contributed by atoms with van der Waals surface area (Å²) < 4.78 is 23.5. The Hall–Kier alpha value is -0.690. The molecule has 0 aromatic carbocycles. The minimum atomic E-state index is -2.30. The van der Waals surface area contributed by atoms with Gasteiger partial charge in [0.05, 0.1) is 12.6 Å². The molecule has 0 spiro atoms. The lowest BCUT2D eigenvalue weighted by Gasteiger charge is -2.17. The Kier molecular flexibility index (Phi) is 5.67. The van der Waals surface area contributed by atoms with Crippen molar-refractivity contribution in [3.8, 4) is 6.07 Å². The molecule has 0 N–H and O–H groups in total. The van der Waals surface area contributed by atoms with Crippen LogP contribution in [0.15, 0.2) is 0 Å². The van der Waals surface area contributed by atoms with E-state index >= 15 is 0 Å². The number of alkyl halides is 2. The zero-order chi connectivity index (χ0) is 8.69. The van der Waals surface area contributed by atoms with Crippen LogP contribution in [0.5, 0.6) is 0 Å². The maximum atomic E-state index is 11.8. The third kappa shape index (κ3) is 5.74. The first-order valence-electron chi connectivity index (χ1n) is 3.58. The van der Waals surface area contributed by atoms with Gasteiger partial charge < -0.3 is 0 Å². The van der Waals surface area contributed by atoms with Crippen molar-refractivity contribution in [2.45, 2.75) is 19.8 Å². The molecule has 0 amide bonds. The van der Waals surface area contributed by atoms with Crippen molar-refractivity contribution in [2.24, 2.45) is 0 Å². The number of hydrogen-bond acceptors (Lipinski definition) is 2. The summed E-state index contributed by atoms with van der Waals surface area (Å²) in [5.41, 5.74) is 0. The van der Waals surface area contributed by atoms with Crippen molar-refractivity contribution in [1.82, 2.24) is 4.90 Å². The van der Waals surface area contributed by atoms with E-state index in [1.165, 1.54) is 0 Å². The van der Waals surface area contributed by atoms with Gasteiger partial charge in [-0.05, 0) is 6.54 Å². The highest BCUT2D eigenvalue weighted by molar-refractivity contribution is 4.71. The molecule has 0 atom stereocenters. The summed E-state index contributed by atoms with van der Waals surface area (Å²) in [5, 5.41) is 8.18. The molecule has 0 aromatic rings. The molecule has 0 saturated heterocycles. The van der Waals surface area contributed by atoms with Crippen LogP contribution in [0.4, 0.5) is 8.78 Å². The molecule has 0 radical (unpaired) electrons. The number of nitriles is 1. The van der Waals surface area contributed by atoms with Crippen LogP contribution in [0.3, 0.4) is 0 Å². The summed E-state index contributed by atoms with van der Waals surface area (Å²) in [7, 11) is 0. The van der Waals surface area contributed by atoms with Crippen molar-refractivity contribution in [1.29, 1.82) is 5.26 Å². The van der Waals surface area contributed by atoms with Crippen molar-refractivity contribution in [3.05, 3.63) is 0 Å². The minimum Gasteiger partial charge on any atom is -0.297 e. The molecule has 11 heavy (non-hydrogen) atoms. The topological polar surface area (TPSA) is 27.0 Å². The van der Waals surface area contributed by atoms with E-state index in [4.69, 9.17) is 5.26 Å². The summed E-state index contributed by atoms with van der Waals surface area (Å²) in [6.45, 7) is 2.60. The van der Waals surface area contributed by atoms with Crippen LogP contribution in [0, 0.1) is 11.3 Å². The first-order valence-corrected chi connectivity index (χ1v) is 3.58. The Balaban J connectivity index is 3.51. The Morgan fingerprint density at radius 2 is 2.18 bits per heavy atom. The highest BCUT2D eigenvalue weighted by Crippen LogP contribution is 1.98. The Morgan fingerprint density at radius 3 is 2.55 bits per heavy atom. The van der Waals surface area contributed by atoms with Gasteiger partial charge in [0.1, 0.15) is 0 Å². The van der Waals surface area contributed by atoms with Crippen molar-refractivity contribution in [2.75, 3.05) is 19.6 Å². The van der Waals surface area contributed by atoms with Crippen LogP contribution < -0.4 is 0 Å². The molecule has 2 nitrogen and oxygen atoms in total. The Morgan fingerprint density at radius 1 is 1.55 bits per heavy atom. The Bertz CT molecular complexity index is 131. The minimum absolute atomic E-state index is 0.224. The maximum Gasteiger partial charge on any atom is 0.251 e. The van der Waals surface area contributed by atoms with Gasteiger partial charge in [0.25, 0.3) is 6.43 Å². The second kappa shape index (κ2) is 6.05. The highest BCUT2D eigenvalue weighted by atomic mass is 19.3. The first-order chi connectivity index (χ1) is 5.20. The fourth-order valence-electron chi connectivity index (χ4n) is 0.782. The van der Waals surface area contributed by atoms with Gasteiger partial charge in [-0.3, -0.25) is 4.90 Å². The molecule has 0 aliphatic heterocycles. The number of rotatable bonds is 5. The molecular weight excluding hydrogens is 150 g/mol. The summed E-state index contributed by atoms with van der Waals surface area (Å²) in [5.74, 6) is 0. The normalized spacial score (nSPS) is 10.5. The molecule has 0 unspecified atom stereocenters. The van der Waals surface area contributed by atoms with Crippen LogP contribution in [0.2, 0.25) is 0 Å².